The summed E-state index contributed by atoms with van der Waals surface area (Å²) in [5.74, 6) is 11.5. The van der Waals surface area contributed by atoms with Gasteiger partial charge < -0.3 is 16.3 Å². The fourth-order valence-electron chi connectivity index (χ4n) is 5.96. The van der Waals surface area contributed by atoms with Crippen molar-refractivity contribution in [2.75, 3.05) is 24.6 Å². The van der Waals surface area contributed by atoms with Crippen LogP contribution in [0.1, 0.15) is 73.0 Å². The van der Waals surface area contributed by atoms with Crippen molar-refractivity contribution in [2.45, 2.75) is 98.8 Å². The highest BCUT2D eigenvalue weighted by Gasteiger charge is 2.20. The van der Waals surface area contributed by atoms with Crippen molar-refractivity contribution in [3.8, 4) is 0 Å². The van der Waals surface area contributed by atoms with Crippen molar-refractivity contribution in [3.63, 3.8) is 0 Å². The highest BCUT2D eigenvalue weighted by Crippen LogP contribution is 2.23. The molecule has 6 aromatic rings. The first-order valence-electron chi connectivity index (χ1n) is 19.5. The molecule has 65 heavy (non-hydrogen) atoms. The smallest absolute Gasteiger partial charge is 0.320 e. The number of halogens is 2. The van der Waals surface area contributed by atoms with Gasteiger partial charge in [0.2, 0.25) is 0 Å². The quantitative estimate of drug-likeness (QED) is 0.0379. The SMILES string of the molecule is COC(=O)CCl.Cc1cc(C)c(S(=O)(=O)O)c(C)c1.Cc1cc(C)c(S(=O)(=O)ON)c(C)c1.Cc1ccc(C)c(N)n1.Cc1ccc(C)n(N)c1=N.Cc1ccc(C)n2nc(CCl)nc12. The number of nitrogen functional groups attached to an aromatic ring is 2. The monoisotopic (exact) mass is 977 g/mol. The van der Waals surface area contributed by atoms with Gasteiger partial charge >= 0.3 is 16.1 Å². The number of carbonyl (C=O) groups is 1. The number of nitrogens with two attached hydrogens (primary N) is 3. The van der Waals surface area contributed by atoms with E-state index >= 15 is 0 Å². The summed E-state index contributed by atoms with van der Waals surface area (Å²) < 4.78 is 64.9. The Balaban J connectivity index is 0.000000397. The van der Waals surface area contributed by atoms with Gasteiger partial charge in [-0.1, -0.05) is 53.6 Å². The molecule has 0 aliphatic heterocycles. The molecule has 0 saturated carbocycles. The van der Waals surface area contributed by atoms with Crippen LogP contribution in [0.25, 0.3) is 5.65 Å². The number of ether oxygens (including phenoxy) is 1. The van der Waals surface area contributed by atoms with Gasteiger partial charge in [-0.15, -0.1) is 28.3 Å². The number of hydrogen-bond acceptors (Lipinski definition) is 14. The van der Waals surface area contributed by atoms with Crippen LogP contribution in [0.4, 0.5) is 5.82 Å². The molecule has 0 unspecified atom stereocenters. The molecular weight excluding hydrogens is 918 g/mol. The molecule has 0 amide bonds. The Labute approximate surface area is 392 Å². The van der Waals surface area contributed by atoms with E-state index in [2.05, 4.69) is 24.1 Å². The van der Waals surface area contributed by atoms with Gasteiger partial charge in [0.1, 0.15) is 22.1 Å². The van der Waals surface area contributed by atoms with Gasteiger partial charge in [-0.25, -0.2) is 19.2 Å². The largest absolute Gasteiger partial charge is 0.468 e. The lowest BCUT2D eigenvalue weighted by molar-refractivity contribution is -0.137. The summed E-state index contributed by atoms with van der Waals surface area (Å²) in [7, 11) is -6.58. The Bertz CT molecular complexity index is 2780. The number of nitrogens with one attached hydrogen (secondary N) is 1. The highest BCUT2D eigenvalue weighted by molar-refractivity contribution is 7.86. The summed E-state index contributed by atoms with van der Waals surface area (Å²) in [5.41, 5.74) is 17.2. The predicted molar refractivity (Wildman–Crippen MR) is 256 cm³/mol. The maximum absolute atomic E-state index is 11.4. The van der Waals surface area contributed by atoms with E-state index in [9.17, 15) is 21.6 Å². The van der Waals surface area contributed by atoms with Crippen molar-refractivity contribution >= 4 is 60.9 Å². The third kappa shape index (κ3) is 17.8. The van der Waals surface area contributed by atoms with E-state index in [1.807, 2.05) is 96.3 Å². The predicted octanol–water partition coefficient (Wildman–Crippen LogP) is 7.11. The molecule has 0 spiro atoms. The molecule has 0 bridgehead atoms. The van der Waals surface area contributed by atoms with Gasteiger partial charge in [-0.2, -0.15) is 27.0 Å². The van der Waals surface area contributed by atoms with Crippen molar-refractivity contribution in [1.29, 1.82) is 5.41 Å². The van der Waals surface area contributed by atoms with E-state index in [4.69, 9.17) is 50.6 Å². The van der Waals surface area contributed by atoms with Crippen LogP contribution in [-0.4, -0.2) is 64.6 Å². The van der Waals surface area contributed by atoms with Crippen LogP contribution in [0.15, 0.2) is 70.5 Å². The van der Waals surface area contributed by atoms with E-state index in [0.717, 1.165) is 50.5 Å². The van der Waals surface area contributed by atoms with Crippen LogP contribution >= 0.6 is 23.2 Å². The molecule has 4 aromatic heterocycles. The van der Waals surface area contributed by atoms with Crippen molar-refractivity contribution < 1.29 is 35.2 Å². The zero-order chi connectivity index (χ0) is 50.1. The molecule has 8 N–H and O–H groups in total. The number of anilines is 1. The number of hydrogen-bond donors (Lipinski definition) is 5. The van der Waals surface area contributed by atoms with Gasteiger partial charge in [-0.3, -0.25) is 14.8 Å². The number of methoxy groups -OCH3 is 1. The van der Waals surface area contributed by atoms with Gasteiger partial charge in [0.15, 0.2) is 11.5 Å². The first-order valence-corrected chi connectivity index (χ1v) is 23.4. The fraction of sp³-hybridized carbons (Fsp3) is 0.341. The zero-order valence-corrected chi connectivity index (χ0v) is 42.2. The molecule has 356 valence electrons. The number of nitrogens with zero attached hydrogens (tertiary/aromatic N) is 5. The molecule has 0 radical (unpaired) electrons. The highest BCUT2D eigenvalue weighted by atomic mass is 35.5. The van der Waals surface area contributed by atoms with Crippen molar-refractivity contribution in [1.82, 2.24) is 24.3 Å². The minimum absolute atomic E-state index is 0.0260. The van der Waals surface area contributed by atoms with Crippen LogP contribution in [0.2, 0.25) is 0 Å². The number of aryl methyl sites for hydroxylation is 12. The topological polar surface area (TPSA) is 274 Å². The van der Waals surface area contributed by atoms with Crippen LogP contribution in [-0.2, 0) is 39.9 Å². The molecule has 2 aromatic carbocycles. The number of aromatic nitrogens is 5. The number of esters is 1. The van der Waals surface area contributed by atoms with Crippen molar-refractivity contribution in [2.24, 2.45) is 5.90 Å². The molecule has 0 fully saturated rings. The summed E-state index contributed by atoms with van der Waals surface area (Å²) in [6.07, 6.45) is 0. The molecule has 17 nitrogen and oxygen atoms in total. The van der Waals surface area contributed by atoms with Gasteiger partial charge in [0.05, 0.1) is 17.9 Å². The maximum atomic E-state index is 11.4. The molecular formula is C44H61Cl2N9O8S2. The first kappa shape index (κ1) is 57.6. The molecule has 0 saturated heterocycles. The second-order valence-electron chi connectivity index (χ2n) is 14.8. The number of rotatable bonds is 5. The van der Waals surface area contributed by atoms with E-state index in [0.29, 0.717) is 45.3 Å². The Hall–Kier alpha value is -5.41. The van der Waals surface area contributed by atoms with Crippen LogP contribution in [0.3, 0.4) is 0 Å². The fourth-order valence-corrected chi connectivity index (χ4v) is 8.11. The number of alkyl halides is 2. The third-order valence-electron chi connectivity index (χ3n) is 9.06. The maximum Gasteiger partial charge on any atom is 0.320 e. The van der Waals surface area contributed by atoms with Gasteiger partial charge in [0, 0.05) is 17.1 Å². The summed E-state index contributed by atoms with van der Waals surface area (Å²) in [4.78, 5) is 18.4. The second-order valence-corrected chi connectivity index (χ2v) is 18.2. The molecule has 0 aliphatic rings. The standard InChI is InChI=1S/C9H10ClN3.C9H13NO3S.C9H12O3S.C7H11N3.C7H10N2.C3H5ClO2/c1-6-3-4-7(2)13-9(6)11-8(5-10)12-13;1-6-4-7(2)9(8(3)5-6)14(11,12)13-10;1-6-4-7(2)9(8(3)5-6)13(10,11)12;1-5-3-4-6(2)10(9)7(5)8;1-5-3-4-6(2)9-7(5)8;1-6-3(5)2-4/h3-4H,5H2,1-2H3;4-5H,10H2,1-3H3;4-5H,1-3H3,(H,10,11,12);3-4,8H,9H2,1-2H3;3-4H,1-2H3,(H2,8,9);2H2,1H3. The molecule has 0 aliphatic carbocycles. The lowest BCUT2D eigenvalue weighted by Crippen LogP contribution is -2.30. The lowest BCUT2D eigenvalue weighted by Gasteiger charge is -2.09. The third-order valence-corrected chi connectivity index (χ3v) is 12.1. The minimum atomic E-state index is -4.08. The van der Waals surface area contributed by atoms with Crippen LogP contribution in [0.5, 0.6) is 0 Å². The van der Waals surface area contributed by atoms with Crippen LogP contribution in [0, 0.1) is 88.5 Å². The molecule has 6 rings (SSSR count). The molecule has 0 atom stereocenters. The summed E-state index contributed by atoms with van der Waals surface area (Å²) in [5, 5.41) is 11.7. The Morgan fingerprint density at radius 1 is 0.708 bits per heavy atom. The zero-order valence-electron chi connectivity index (χ0n) is 39.0. The van der Waals surface area contributed by atoms with Crippen molar-refractivity contribution in [3.05, 3.63) is 139 Å². The average molecular weight is 979 g/mol. The van der Waals surface area contributed by atoms with E-state index in [-0.39, 0.29) is 15.7 Å². The normalized spacial score (nSPS) is 10.6. The Morgan fingerprint density at radius 2 is 1.17 bits per heavy atom. The summed E-state index contributed by atoms with van der Waals surface area (Å²) in [6.45, 7) is 22.2. The number of carbonyl (C=O) groups excluding carboxylic acids is 1. The van der Waals surface area contributed by atoms with Gasteiger partial charge in [-0.05, 0) is 140 Å². The number of pyridine rings is 3. The second kappa shape index (κ2) is 25.9. The Morgan fingerprint density at radius 3 is 1.54 bits per heavy atom. The lowest BCUT2D eigenvalue weighted by atomic mass is 10.1. The number of fused-ring (bicyclic) bond motifs is 1. The Kier molecular flexibility index (Phi) is 23.0. The molecule has 21 heteroatoms. The van der Waals surface area contributed by atoms with Gasteiger partial charge in [0.25, 0.3) is 10.1 Å². The minimum Gasteiger partial charge on any atom is -0.468 e. The van der Waals surface area contributed by atoms with E-state index in [1.165, 1.54) is 11.8 Å². The first-order chi connectivity index (χ1) is 30.1. The molecule has 4 heterocycles. The van der Waals surface area contributed by atoms with Crippen LogP contribution < -0.4 is 23.0 Å². The van der Waals surface area contributed by atoms with E-state index < -0.39 is 26.2 Å². The van der Waals surface area contributed by atoms with E-state index in [1.54, 1.807) is 52.0 Å². The summed E-state index contributed by atoms with van der Waals surface area (Å²) in [6, 6.07) is 18.8. The average Bonchev–Trinajstić information content (AvgIpc) is 3.67. The number of benzene rings is 2. The summed E-state index contributed by atoms with van der Waals surface area (Å²) >= 11 is 10.6.